The SMILES string of the molecule is Cc1nonc1CC(=O)N1CCO[C@](CO)(Cc2cccc(F)c2)C1. The molecular formula is C17H20FN3O4. The van der Waals surface area contributed by atoms with Crippen LogP contribution in [0.3, 0.4) is 0 Å². The zero-order valence-electron chi connectivity index (χ0n) is 13.9. The van der Waals surface area contributed by atoms with Crippen molar-refractivity contribution in [3.63, 3.8) is 0 Å². The summed E-state index contributed by atoms with van der Waals surface area (Å²) in [6, 6.07) is 6.16. The van der Waals surface area contributed by atoms with Gasteiger partial charge in [-0.3, -0.25) is 4.79 Å². The van der Waals surface area contributed by atoms with Crippen molar-refractivity contribution in [1.82, 2.24) is 15.2 Å². The van der Waals surface area contributed by atoms with E-state index in [4.69, 9.17) is 4.74 Å². The normalized spacial score (nSPS) is 20.7. The molecule has 1 aromatic heterocycles. The lowest BCUT2D eigenvalue weighted by molar-refractivity contribution is -0.157. The van der Waals surface area contributed by atoms with Crippen LogP contribution >= 0.6 is 0 Å². The predicted molar refractivity (Wildman–Crippen MR) is 85.2 cm³/mol. The molecule has 2 aromatic rings. The molecule has 1 N–H and O–H groups in total. The molecule has 3 rings (SSSR count). The van der Waals surface area contributed by atoms with Gasteiger partial charge in [-0.1, -0.05) is 22.4 Å². The van der Waals surface area contributed by atoms with Gasteiger partial charge in [0, 0.05) is 13.0 Å². The first kappa shape index (κ1) is 17.5. The van der Waals surface area contributed by atoms with E-state index in [1.54, 1.807) is 24.0 Å². The molecule has 0 saturated carbocycles. The van der Waals surface area contributed by atoms with Crippen molar-refractivity contribution in [3.8, 4) is 0 Å². The van der Waals surface area contributed by atoms with E-state index < -0.39 is 5.60 Å². The maximum absolute atomic E-state index is 13.4. The molecule has 8 heteroatoms. The number of amides is 1. The summed E-state index contributed by atoms with van der Waals surface area (Å²) in [5, 5.41) is 17.3. The maximum Gasteiger partial charge on any atom is 0.228 e. The van der Waals surface area contributed by atoms with Crippen molar-refractivity contribution in [2.75, 3.05) is 26.3 Å². The zero-order chi connectivity index (χ0) is 17.9. The number of halogens is 1. The third kappa shape index (κ3) is 4.02. The third-order valence-electron chi connectivity index (χ3n) is 4.37. The summed E-state index contributed by atoms with van der Waals surface area (Å²) in [6.45, 7) is 2.41. The third-order valence-corrected chi connectivity index (χ3v) is 4.37. The fourth-order valence-electron chi connectivity index (χ4n) is 3.00. The summed E-state index contributed by atoms with van der Waals surface area (Å²) >= 11 is 0. The number of rotatable bonds is 5. The average molecular weight is 349 g/mol. The van der Waals surface area contributed by atoms with Gasteiger partial charge in [0.05, 0.1) is 26.2 Å². The Kier molecular flexibility index (Phi) is 5.10. The van der Waals surface area contributed by atoms with Crippen LogP contribution in [-0.4, -0.2) is 58.1 Å². The summed E-state index contributed by atoms with van der Waals surface area (Å²) in [6.07, 6.45) is 0.395. The summed E-state index contributed by atoms with van der Waals surface area (Å²) in [7, 11) is 0. The highest BCUT2D eigenvalue weighted by Gasteiger charge is 2.38. The molecule has 1 aliphatic heterocycles. The second-order valence-electron chi connectivity index (χ2n) is 6.28. The van der Waals surface area contributed by atoms with Crippen LogP contribution in [0.4, 0.5) is 4.39 Å². The van der Waals surface area contributed by atoms with Gasteiger partial charge in [-0.25, -0.2) is 9.02 Å². The monoisotopic (exact) mass is 349 g/mol. The number of carbonyl (C=O) groups excluding carboxylic acids is 1. The fourth-order valence-corrected chi connectivity index (χ4v) is 3.00. The molecule has 1 aromatic carbocycles. The average Bonchev–Trinajstić information content (AvgIpc) is 3.00. The Labute approximate surface area is 144 Å². The molecule has 0 radical (unpaired) electrons. The van der Waals surface area contributed by atoms with Crippen LogP contribution in [-0.2, 0) is 22.4 Å². The number of carbonyl (C=O) groups is 1. The molecule has 1 amide bonds. The number of nitrogens with zero attached hydrogens (tertiary/aromatic N) is 3. The first-order valence-electron chi connectivity index (χ1n) is 8.06. The minimum Gasteiger partial charge on any atom is -0.393 e. The number of aliphatic hydroxyl groups excluding tert-OH is 1. The topological polar surface area (TPSA) is 88.7 Å². The van der Waals surface area contributed by atoms with E-state index in [0.29, 0.717) is 36.5 Å². The van der Waals surface area contributed by atoms with E-state index in [2.05, 4.69) is 14.9 Å². The zero-order valence-corrected chi connectivity index (χ0v) is 13.9. The molecule has 0 aliphatic carbocycles. The fraction of sp³-hybridized carbons (Fsp3) is 0.471. The van der Waals surface area contributed by atoms with Crippen molar-refractivity contribution in [1.29, 1.82) is 0 Å². The Morgan fingerprint density at radius 3 is 2.96 bits per heavy atom. The van der Waals surface area contributed by atoms with E-state index in [1.165, 1.54) is 12.1 Å². The number of aromatic nitrogens is 2. The standard InChI is InChI=1S/C17H20FN3O4/c1-12-15(20-25-19-12)8-16(23)21-5-6-24-17(10-21,11-22)9-13-3-2-4-14(18)7-13/h2-4,7,22H,5-6,8-11H2,1H3/t17-/m1/s1. The number of hydrogen-bond acceptors (Lipinski definition) is 6. The molecule has 0 unspecified atom stereocenters. The highest BCUT2D eigenvalue weighted by molar-refractivity contribution is 5.78. The quantitative estimate of drug-likeness (QED) is 0.862. The van der Waals surface area contributed by atoms with Crippen molar-refractivity contribution in [2.24, 2.45) is 0 Å². The molecule has 25 heavy (non-hydrogen) atoms. The number of hydrogen-bond donors (Lipinski definition) is 1. The van der Waals surface area contributed by atoms with E-state index in [0.717, 1.165) is 0 Å². The Morgan fingerprint density at radius 2 is 2.28 bits per heavy atom. The van der Waals surface area contributed by atoms with Crippen molar-refractivity contribution in [3.05, 3.63) is 47.0 Å². The smallest absolute Gasteiger partial charge is 0.228 e. The van der Waals surface area contributed by atoms with Crippen LogP contribution in [0.25, 0.3) is 0 Å². The lowest BCUT2D eigenvalue weighted by Crippen LogP contribution is -2.57. The second-order valence-corrected chi connectivity index (χ2v) is 6.28. The molecule has 134 valence electrons. The van der Waals surface area contributed by atoms with E-state index in [9.17, 15) is 14.3 Å². The number of ether oxygens (including phenoxy) is 1. The minimum atomic E-state index is -0.946. The van der Waals surface area contributed by atoms with Gasteiger partial charge in [0.25, 0.3) is 0 Å². The van der Waals surface area contributed by atoms with Gasteiger partial charge in [0.1, 0.15) is 22.8 Å². The second kappa shape index (κ2) is 7.28. The van der Waals surface area contributed by atoms with Crippen LogP contribution in [0.5, 0.6) is 0 Å². The molecule has 1 aliphatic rings. The molecule has 2 heterocycles. The highest BCUT2D eigenvalue weighted by atomic mass is 19.1. The molecule has 0 bridgehead atoms. The van der Waals surface area contributed by atoms with Crippen LogP contribution in [0, 0.1) is 12.7 Å². The predicted octanol–water partition coefficient (Wildman–Crippen LogP) is 0.892. The van der Waals surface area contributed by atoms with Crippen molar-refractivity contribution in [2.45, 2.75) is 25.4 Å². The van der Waals surface area contributed by atoms with Crippen LogP contribution in [0.1, 0.15) is 17.0 Å². The van der Waals surface area contributed by atoms with Crippen molar-refractivity contribution >= 4 is 5.91 Å². The molecular weight excluding hydrogens is 329 g/mol. The van der Waals surface area contributed by atoms with E-state index >= 15 is 0 Å². The lowest BCUT2D eigenvalue weighted by atomic mass is 9.93. The summed E-state index contributed by atoms with van der Waals surface area (Å²) in [5.41, 5.74) is 0.838. The van der Waals surface area contributed by atoms with Crippen LogP contribution in [0.15, 0.2) is 28.9 Å². The maximum atomic E-state index is 13.4. The summed E-state index contributed by atoms with van der Waals surface area (Å²) < 4.78 is 23.8. The molecule has 1 saturated heterocycles. The Hall–Kier alpha value is -2.32. The Balaban J connectivity index is 1.71. The Bertz CT molecular complexity index is 751. The summed E-state index contributed by atoms with van der Waals surface area (Å²) in [4.78, 5) is 14.2. The molecule has 7 nitrogen and oxygen atoms in total. The minimum absolute atomic E-state index is 0.0802. The summed E-state index contributed by atoms with van der Waals surface area (Å²) in [5.74, 6) is -0.484. The number of benzene rings is 1. The Morgan fingerprint density at radius 1 is 1.44 bits per heavy atom. The van der Waals surface area contributed by atoms with Crippen LogP contribution < -0.4 is 0 Å². The van der Waals surface area contributed by atoms with Crippen molar-refractivity contribution < 1.29 is 23.7 Å². The molecule has 1 atom stereocenters. The van der Waals surface area contributed by atoms with E-state index in [1.807, 2.05) is 0 Å². The van der Waals surface area contributed by atoms with Gasteiger partial charge in [-0.15, -0.1) is 0 Å². The molecule has 1 fully saturated rings. The van der Waals surface area contributed by atoms with Gasteiger partial charge in [-0.05, 0) is 24.6 Å². The number of aliphatic hydroxyl groups is 1. The number of morpholine rings is 1. The van der Waals surface area contributed by atoms with Gasteiger partial charge in [-0.2, -0.15) is 0 Å². The lowest BCUT2D eigenvalue weighted by Gasteiger charge is -2.42. The first-order valence-corrected chi connectivity index (χ1v) is 8.06. The van der Waals surface area contributed by atoms with E-state index in [-0.39, 0.29) is 31.3 Å². The van der Waals surface area contributed by atoms with Gasteiger partial charge in [0.2, 0.25) is 5.91 Å². The van der Waals surface area contributed by atoms with Gasteiger partial charge >= 0.3 is 0 Å². The largest absolute Gasteiger partial charge is 0.393 e. The number of aryl methyl sites for hydroxylation is 1. The van der Waals surface area contributed by atoms with Gasteiger partial charge < -0.3 is 14.7 Å². The highest BCUT2D eigenvalue weighted by Crippen LogP contribution is 2.24. The van der Waals surface area contributed by atoms with Crippen LogP contribution in [0.2, 0.25) is 0 Å². The molecule has 0 spiro atoms. The van der Waals surface area contributed by atoms with Gasteiger partial charge in [0.15, 0.2) is 0 Å². The first-order chi connectivity index (χ1) is 12.0.